The third-order valence-corrected chi connectivity index (χ3v) is 3.77. The third kappa shape index (κ3) is 3.01. The minimum atomic E-state index is -0.400. The van der Waals surface area contributed by atoms with Gasteiger partial charge in [0.1, 0.15) is 5.69 Å². The molecule has 0 aliphatic carbocycles. The maximum atomic E-state index is 12.6. The summed E-state index contributed by atoms with van der Waals surface area (Å²) in [6.07, 6.45) is 0. The fraction of sp³-hybridized carbons (Fsp3) is 0.267. The molecule has 1 aromatic carbocycles. The summed E-state index contributed by atoms with van der Waals surface area (Å²) in [7, 11) is 1.51. The van der Waals surface area contributed by atoms with Crippen molar-refractivity contribution in [1.29, 1.82) is 0 Å². The first kappa shape index (κ1) is 15.7. The number of nitrogens with zero attached hydrogens (tertiary/aromatic N) is 2. The topological polar surface area (TPSA) is 52.0 Å². The number of halogens is 2. The van der Waals surface area contributed by atoms with E-state index in [4.69, 9.17) is 23.2 Å². The molecule has 0 spiro atoms. The first-order valence-corrected chi connectivity index (χ1v) is 7.15. The molecule has 2 aromatic rings. The number of aryl methyl sites for hydroxylation is 1. The van der Waals surface area contributed by atoms with E-state index in [0.29, 0.717) is 5.56 Å². The Bertz CT molecular complexity index is 747. The zero-order chi connectivity index (χ0) is 15.7. The largest absolute Gasteiger partial charge is 0.287 e. The normalized spacial score (nSPS) is 11.0. The molecule has 21 heavy (non-hydrogen) atoms. The van der Waals surface area contributed by atoms with Crippen LogP contribution in [-0.4, -0.2) is 15.6 Å². The van der Waals surface area contributed by atoms with Crippen LogP contribution >= 0.6 is 23.2 Å². The Labute approximate surface area is 132 Å². The number of hydrogen-bond acceptors (Lipinski definition) is 3. The van der Waals surface area contributed by atoms with Crippen molar-refractivity contribution in [3.63, 3.8) is 0 Å². The highest BCUT2D eigenvalue weighted by Gasteiger charge is 2.20. The molecule has 2 rings (SSSR count). The van der Waals surface area contributed by atoms with Crippen LogP contribution < -0.4 is 5.56 Å². The molecule has 6 heteroatoms. The summed E-state index contributed by atoms with van der Waals surface area (Å²) in [5, 5.41) is 4.53. The number of carbonyl (C=O) groups is 1. The Kier molecular flexibility index (Phi) is 4.49. The lowest BCUT2D eigenvalue weighted by Crippen LogP contribution is -2.27. The van der Waals surface area contributed by atoms with E-state index >= 15 is 0 Å². The van der Waals surface area contributed by atoms with Crippen LogP contribution in [0.1, 0.15) is 41.4 Å². The molecule has 0 aliphatic heterocycles. The van der Waals surface area contributed by atoms with Gasteiger partial charge in [-0.15, -0.1) is 0 Å². The number of hydrogen-bond donors (Lipinski definition) is 0. The Balaban J connectivity index is 2.62. The van der Waals surface area contributed by atoms with Gasteiger partial charge in [-0.2, -0.15) is 5.10 Å². The van der Waals surface area contributed by atoms with Gasteiger partial charge in [-0.1, -0.05) is 43.1 Å². The summed E-state index contributed by atoms with van der Waals surface area (Å²) in [5.41, 5.74) is 0.656. The maximum Gasteiger partial charge on any atom is 0.269 e. The van der Waals surface area contributed by atoms with Gasteiger partial charge < -0.3 is 0 Å². The average Bonchev–Trinajstić information content (AvgIpc) is 2.40. The van der Waals surface area contributed by atoms with Crippen LogP contribution in [0.5, 0.6) is 0 Å². The lowest BCUT2D eigenvalue weighted by molar-refractivity contribution is 0.103. The number of carbonyl (C=O) groups excluding carboxylic acids is 1. The van der Waals surface area contributed by atoms with E-state index in [9.17, 15) is 9.59 Å². The van der Waals surface area contributed by atoms with Gasteiger partial charge in [-0.25, -0.2) is 4.68 Å². The molecule has 0 saturated carbocycles. The molecule has 1 aromatic heterocycles. The van der Waals surface area contributed by atoms with Crippen molar-refractivity contribution in [2.45, 2.75) is 19.8 Å². The summed E-state index contributed by atoms with van der Waals surface area (Å²) < 4.78 is 1.16. The minimum Gasteiger partial charge on any atom is -0.287 e. The van der Waals surface area contributed by atoms with Gasteiger partial charge in [0.05, 0.1) is 15.6 Å². The van der Waals surface area contributed by atoms with Gasteiger partial charge in [0.15, 0.2) is 0 Å². The summed E-state index contributed by atoms with van der Waals surface area (Å²) in [5.74, 6) is -0.414. The zero-order valence-corrected chi connectivity index (χ0v) is 13.4. The fourth-order valence-corrected chi connectivity index (χ4v) is 2.57. The number of benzene rings is 1. The SMILES string of the molecule is CC(C)c1cc(C(=O)c2c(Cl)cccc2Cl)nn(C)c1=O. The van der Waals surface area contributed by atoms with Crippen LogP contribution in [0, 0.1) is 0 Å². The lowest BCUT2D eigenvalue weighted by atomic mass is 10.0. The van der Waals surface area contributed by atoms with Gasteiger partial charge in [0.25, 0.3) is 5.56 Å². The average molecular weight is 325 g/mol. The molecule has 0 fully saturated rings. The molecule has 0 unspecified atom stereocenters. The molecule has 0 N–H and O–H groups in total. The first-order chi connectivity index (χ1) is 9.82. The van der Waals surface area contributed by atoms with Gasteiger partial charge in [-0.3, -0.25) is 9.59 Å². The first-order valence-electron chi connectivity index (χ1n) is 6.40. The van der Waals surface area contributed by atoms with E-state index in [0.717, 1.165) is 4.68 Å². The van der Waals surface area contributed by atoms with Gasteiger partial charge in [0, 0.05) is 12.6 Å². The van der Waals surface area contributed by atoms with Crippen molar-refractivity contribution in [2.24, 2.45) is 7.05 Å². The van der Waals surface area contributed by atoms with E-state index < -0.39 is 5.78 Å². The fourth-order valence-electron chi connectivity index (χ4n) is 2.00. The summed E-state index contributed by atoms with van der Waals surface area (Å²) >= 11 is 12.1. The standard InChI is InChI=1S/C15H14Cl2N2O2/c1-8(2)9-7-12(18-19(3)15(9)21)14(20)13-10(16)5-4-6-11(13)17/h4-8H,1-3H3. The molecule has 0 atom stereocenters. The van der Waals surface area contributed by atoms with Gasteiger partial charge >= 0.3 is 0 Å². The van der Waals surface area contributed by atoms with Gasteiger partial charge in [-0.05, 0) is 24.1 Å². The molecule has 4 nitrogen and oxygen atoms in total. The lowest BCUT2D eigenvalue weighted by Gasteiger charge is -2.10. The Morgan fingerprint density at radius 1 is 1.24 bits per heavy atom. The summed E-state index contributed by atoms with van der Waals surface area (Å²) in [6, 6.07) is 6.35. The summed E-state index contributed by atoms with van der Waals surface area (Å²) in [6.45, 7) is 3.76. The zero-order valence-electron chi connectivity index (χ0n) is 11.9. The Morgan fingerprint density at radius 2 is 1.81 bits per heavy atom. The van der Waals surface area contributed by atoms with Crippen molar-refractivity contribution in [3.05, 3.63) is 61.5 Å². The van der Waals surface area contributed by atoms with Crippen LogP contribution in [0.15, 0.2) is 29.1 Å². The molecule has 1 heterocycles. The van der Waals surface area contributed by atoms with E-state index in [1.807, 2.05) is 13.8 Å². The van der Waals surface area contributed by atoms with Crippen LogP contribution in [0.3, 0.4) is 0 Å². The summed E-state index contributed by atoms with van der Waals surface area (Å²) in [4.78, 5) is 24.6. The second-order valence-corrected chi connectivity index (χ2v) is 5.81. The Hall–Kier alpha value is -1.65. The van der Waals surface area contributed by atoms with Crippen LogP contribution in [0.4, 0.5) is 0 Å². The number of aromatic nitrogens is 2. The smallest absolute Gasteiger partial charge is 0.269 e. The second-order valence-electron chi connectivity index (χ2n) is 4.99. The molecule has 0 saturated heterocycles. The highest BCUT2D eigenvalue weighted by molar-refractivity contribution is 6.40. The molecule has 0 bridgehead atoms. The van der Waals surface area contributed by atoms with Crippen LogP contribution in [-0.2, 0) is 7.05 Å². The molecular formula is C15H14Cl2N2O2. The van der Waals surface area contributed by atoms with Crippen LogP contribution in [0.25, 0.3) is 0 Å². The highest BCUT2D eigenvalue weighted by Crippen LogP contribution is 2.26. The number of rotatable bonds is 3. The van der Waals surface area contributed by atoms with Crippen molar-refractivity contribution in [1.82, 2.24) is 9.78 Å². The van der Waals surface area contributed by atoms with E-state index in [-0.39, 0.29) is 32.8 Å². The van der Waals surface area contributed by atoms with Crippen LogP contribution in [0.2, 0.25) is 10.0 Å². The predicted molar refractivity (Wildman–Crippen MR) is 83.5 cm³/mol. The maximum absolute atomic E-state index is 12.6. The Morgan fingerprint density at radius 3 is 2.33 bits per heavy atom. The van der Waals surface area contributed by atoms with Crippen molar-refractivity contribution in [3.8, 4) is 0 Å². The van der Waals surface area contributed by atoms with Gasteiger partial charge in [0.2, 0.25) is 5.78 Å². The molecular weight excluding hydrogens is 311 g/mol. The second kappa shape index (κ2) is 6.00. The monoisotopic (exact) mass is 324 g/mol. The molecule has 110 valence electrons. The minimum absolute atomic E-state index is 0.0139. The van der Waals surface area contributed by atoms with E-state index in [1.165, 1.54) is 13.1 Å². The molecule has 0 radical (unpaired) electrons. The van der Waals surface area contributed by atoms with Crippen molar-refractivity contribution >= 4 is 29.0 Å². The van der Waals surface area contributed by atoms with Crippen molar-refractivity contribution < 1.29 is 4.79 Å². The quantitative estimate of drug-likeness (QED) is 0.812. The highest BCUT2D eigenvalue weighted by atomic mass is 35.5. The van der Waals surface area contributed by atoms with E-state index in [1.54, 1.807) is 18.2 Å². The molecule has 0 amide bonds. The molecule has 0 aliphatic rings. The number of ketones is 1. The van der Waals surface area contributed by atoms with E-state index in [2.05, 4.69) is 5.10 Å². The third-order valence-electron chi connectivity index (χ3n) is 3.14. The predicted octanol–water partition coefficient (Wildman–Crippen LogP) is 3.44. The van der Waals surface area contributed by atoms with Crippen molar-refractivity contribution in [2.75, 3.05) is 0 Å².